The molecule has 0 radical (unpaired) electrons. The van der Waals surface area contributed by atoms with Crippen molar-refractivity contribution < 1.29 is 14.4 Å². The van der Waals surface area contributed by atoms with Gasteiger partial charge in [0, 0.05) is 0 Å². The van der Waals surface area contributed by atoms with Crippen LogP contribution in [0, 0.1) is 10.1 Å². The van der Waals surface area contributed by atoms with Crippen molar-refractivity contribution in [2.45, 2.75) is 13.3 Å². The molecule has 1 aromatic heterocycles. The van der Waals surface area contributed by atoms with E-state index in [-0.39, 0.29) is 5.69 Å². The second kappa shape index (κ2) is 7.95. The van der Waals surface area contributed by atoms with Crippen LogP contribution in [0.2, 0.25) is 0 Å². The zero-order valence-electron chi connectivity index (χ0n) is 13.7. The summed E-state index contributed by atoms with van der Waals surface area (Å²) in [6.45, 7) is 2.53. The summed E-state index contributed by atoms with van der Waals surface area (Å²) in [4.78, 5) is 37.1. The maximum absolute atomic E-state index is 11.6. The van der Waals surface area contributed by atoms with E-state index in [1.165, 1.54) is 19.3 Å². The fourth-order valence-electron chi connectivity index (χ4n) is 2.10. The van der Waals surface area contributed by atoms with E-state index in [4.69, 9.17) is 9.47 Å². The van der Waals surface area contributed by atoms with E-state index in [2.05, 4.69) is 4.98 Å². The molecule has 1 aromatic carbocycles. The number of H-pyrrole nitrogens is 2. The van der Waals surface area contributed by atoms with Gasteiger partial charge in [0.1, 0.15) is 5.69 Å². The monoisotopic (exact) mass is 347 g/mol. The molecule has 0 aliphatic heterocycles. The summed E-state index contributed by atoms with van der Waals surface area (Å²) in [5, 5.41) is 11.0. The number of nitro groups is 1. The molecule has 9 nitrogen and oxygen atoms in total. The molecule has 25 heavy (non-hydrogen) atoms. The first kappa shape index (κ1) is 18.0. The van der Waals surface area contributed by atoms with Crippen LogP contribution < -0.4 is 20.7 Å². The number of hydrogen-bond donors (Lipinski definition) is 2. The number of aromatic amines is 2. The van der Waals surface area contributed by atoms with Crippen LogP contribution in [0.5, 0.6) is 11.5 Å². The number of hydrogen-bond acceptors (Lipinski definition) is 6. The first-order valence-electron chi connectivity index (χ1n) is 7.46. The largest absolute Gasteiger partial charge is 0.493 e. The summed E-state index contributed by atoms with van der Waals surface area (Å²) in [7, 11) is 1.50. The number of methoxy groups -OCH3 is 1. The van der Waals surface area contributed by atoms with Gasteiger partial charge in [-0.2, -0.15) is 0 Å². The molecule has 2 rings (SSSR count). The minimum atomic E-state index is -1.06. The number of rotatable bonds is 7. The Kier molecular flexibility index (Phi) is 5.72. The predicted molar refractivity (Wildman–Crippen MR) is 92.0 cm³/mol. The minimum Gasteiger partial charge on any atom is -0.493 e. The Bertz CT molecular complexity index is 913. The van der Waals surface area contributed by atoms with Gasteiger partial charge in [-0.3, -0.25) is 19.9 Å². The SMILES string of the molecule is CCCOc1ccc(C=Cc2[nH]c(=O)[nH]c(=O)c2[N+](=O)[O-])cc1OC. The highest BCUT2D eigenvalue weighted by Crippen LogP contribution is 2.29. The molecule has 132 valence electrons. The smallest absolute Gasteiger partial charge is 0.357 e. The van der Waals surface area contributed by atoms with E-state index >= 15 is 0 Å². The second-order valence-corrected chi connectivity index (χ2v) is 5.02. The third-order valence-corrected chi connectivity index (χ3v) is 3.22. The number of nitrogens with one attached hydrogen (secondary N) is 2. The van der Waals surface area contributed by atoms with Gasteiger partial charge < -0.3 is 14.5 Å². The lowest BCUT2D eigenvalue weighted by Gasteiger charge is -2.10. The molecule has 0 aliphatic carbocycles. The first-order chi connectivity index (χ1) is 12.0. The van der Waals surface area contributed by atoms with Crippen molar-refractivity contribution in [1.82, 2.24) is 9.97 Å². The Hall–Kier alpha value is -3.36. The molecule has 0 unspecified atom stereocenters. The van der Waals surface area contributed by atoms with Gasteiger partial charge in [-0.25, -0.2) is 4.79 Å². The molecule has 0 amide bonds. The summed E-state index contributed by atoms with van der Waals surface area (Å²) in [5.74, 6) is 1.08. The highest BCUT2D eigenvalue weighted by atomic mass is 16.6. The van der Waals surface area contributed by atoms with Crippen molar-refractivity contribution in [2.75, 3.05) is 13.7 Å². The summed E-state index contributed by atoms with van der Waals surface area (Å²) in [5.41, 5.74) is -2.16. The Labute approximate surface area is 142 Å². The van der Waals surface area contributed by atoms with Gasteiger partial charge >= 0.3 is 16.9 Å². The van der Waals surface area contributed by atoms with Crippen LogP contribution >= 0.6 is 0 Å². The lowest BCUT2D eigenvalue weighted by Crippen LogP contribution is -2.25. The van der Waals surface area contributed by atoms with E-state index in [0.29, 0.717) is 23.7 Å². The summed E-state index contributed by atoms with van der Waals surface area (Å²) in [6.07, 6.45) is 3.66. The van der Waals surface area contributed by atoms with Crippen LogP contribution in [0.15, 0.2) is 27.8 Å². The van der Waals surface area contributed by atoms with Crippen molar-refractivity contribution in [3.63, 3.8) is 0 Å². The molecule has 0 fully saturated rings. The molecular weight excluding hydrogens is 330 g/mol. The van der Waals surface area contributed by atoms with Crippen molar-refractivity contribution in [3.05, 3.63) is 60.4 Å². The quantitative estimate of drug-likeness (QED) is 0.582. The highest BCUT2D eigenvalue weighted by Gasteiger charge is 2.18. The first-order valence-corrected chi connectivity index (χ1v) is 7.46. The lowest BCUT2D eigenvalue weighted by molar-refractivity contribution is -0.386. The van der Waals surface area contributed by atoms with Crippen molar-refractivity contribution in [3.8, 4) is 11.5 Å². The number of aromatic nitrogens is 2. The van der Waals surface area contributed by atoms with Crippen LogP contribution in [0.25, 0.3) is 12.2 Å². The average Bonchev–Trinajstić information content (AvgIpc) is 2.57. The van der Waals surface area contributed by atoms with Gasteiger partial charge in [0.05, 0.1) is 18.6 Å². The molecule has 2 aromatic rings. The lowest BCUT2D eigenvalue weighted by atomic mass is 10.1. The van der Waals surface area contributed by atoms with E-state index in [0.717, 1.165) is 6.42 Å². The van der Waals surface area contributed by atoms with Gasteiger partial charge in [-0.1, -0.05) is 19.1 Å². The summed E-state index contributed by atoms with van der Waals surface area (Å²) in [6, 6.07) is 5.11. The summed E-state index contributed by atoms with van der Waals surface area (Å²) >= 11 is 0. The fourth-order valence-corrected chi connectivity index (χ4v) is 2.10. The Morgan fingerprint density at radius 1 is 1.20 bits per heavy atom. The summed E-state index contributed by atoms with van der Waals surface area (Å²) < 4.78 is 10.8. The molecule has 9 heteroatoms. The van der Waals surface area contributed by atoms with Gasteiger partial charge in [-0.15, -0.1) is 0 Å². The Morgan fingerprint density at radius 2 is 1.96 bits per heavy atom. The maximum Gasteiger partial charge on any atom is 0.357 e. The topological polar surface area (TPSA) is 127 Å². The molecule has 0 aliphatic rings. The Morgan fingerprint density at radius 3 is 2.60 bits per heavy atom. The standard InChI is InChI=1S/C16H17N3O6/c1-3-8-25-12-7-5-10(9-13(12)24-2)4-6-11-14(19(22)23)15(20)18-16(21)17-11/h4-7,9H,3,8H2,1-2H3,(H2,17,18,20,21). The zero-order chi connectivity index (χ0) is 18.4. The molecule has 0 saturated heterocycles. The molecule has 1 heterocycles. The van der Waals surface area contributed by atoms with Gasteiger partial charge in [-0.05, 0) is 30.2 Å². The van der Waals surface area contributed by atoms with Gasteiger partial charge in [0.25, 0.3) is 0 Å². The number of benzene rings is 1. The van der Waals surface area contributed by atoms with Crippen LogP contribution in [0.4, 0.5) is 5.69 Å². The molecule has 2 N–H and O–H groups in total. The van der Waals surface area contributed by atoms with Crippen molar-refractivity contribution in [1.29, 1.82) is 0 Å². The molecule has 0 spiro atoms. The third kappa shape index (κ3) is 4.34. The highest BCUT2D eigenvalue weighted by molar-refractivity contribution is 5.72. The molecule has 0 saturated carbocycles. The number of nitrogens with zero attached hydrogens (tertiary/aromatic N) is 1. The van der Waals surface area contributed by atoms with E-state index < -0.39 is 21.9 Å². The van der Waals surface area contributed by atoms with Crippen LogP contribution in [0.3, 0.4) is 0 Å². The van der Waals surface area contributed by atoms with Crippen molar-refractivity contribution >= 4 is 17.8 Å². The minimum absolute atomic E-state index is 0.191. The van der Waals surface area contributed by atoms with Gasteiger partial charge in [0.2, 0.25) is 0 Å². The molecular formula is C16H17N3O6. The zero-order valence-corrected chi connectivity index (χ0v) is 13.7. The second-order valence-electron chi connectivity index (χ2n) is 5.02. The Balaban J connectivity index is 2.38. The molecule has 0 atom stereocenters. The van der Waals surface area contributed by atoms with Crippen LogP contribution in [-0.2, 0) is 0 Å². The van der Waals surface area contributed by atoms with E-state index in [1.54, 1.807) is 18.2 Å². The fraction of sp³-hybridized carbons (Fsp3) is 0.250. The number of ether oxygens (including phenoxy) is 2. The van der Waals surface area contributed by atoms with Crippen LogP contribution in [0.1, 0.15) is 24.6 Å². The molecule has 0 bridgehead atoms. The van der Waals surface area contributed by atoms with E-state index in [1.807, 2.05) is 11.9 Å². The third-order valence-electron chi connectivity index (χ3n) is 3.22. The normalized spacial score (nSPS) is 10.8. The van der Waals surface area contributed by atoms with E-state index in [9.17, 15) is 19.7 Å². The van der Waals surface area contributed by atoms with Crippen LogP contribution in [-0.4, -0.2) is 28.6 Å². The predicted octanol–water partition coefficient (Wildman–Crippen LogP) is 1.94. The maximum atomic E-state index is 11.6. The van der Waals surface area contributed by atoms with Crippen molar-refractivity contribution in [2.24, 2.45) is 0 Å². The average molecular weight is 347 g/mol. The van der Waals surface area contributed by atoms with Gasteiger partial charge in [0.15, 0.2) is 11.5 Å².